The lowest BCUT2D eigenvalue weighted by atomic mass is 10.1. The van der Waals surface area contributed by atoms with Crippen LogP contribution in [-0.2, 0) is 0 Å². The molecule has 9 heteroatoms. The molecule has 0 bridgehead atoms. The van der Waals surface area contributed by atoms with Gasteiger partial charge in [-0.2, -0.15) is 0 Å². The third-order valence-electron chi connectivity index (χ3n) is 5.11. The predicted molar refractivity (Wildman–Crippen MR) is 108 cm³/mol. The summed E-state index contributed by atoms with van der Waals surface area (Å²) >= 11 is 0. The first-order chi connectivity index (χ1) is 14.3. The van der Waals surface area contributed by atoms with E-state index < -0.39 is 0 Å². The Labute approximate surface area is 166 Å². The Morgan fingerprint density at radius 1 is 1.00 bits per heavy atom. The summed E-state index contributed by atoms with van der Waals surface area (Å²) in [5.74, 6) is 3.20. The van der Waals surface area contributed by atoms with Gasteiger partial charge in [-0.3, -0.25) is 4.57 Å². The monoisotopic (exact) mass is 384 g/mol. The minimum atomic E-state index is 0.444. The third-order valence-corrected chi connectivity index (χ3v) is 5.11. The summed E-state index contributed by atoms with van der Waals surface area (Å²) in [5.41, 5.74) is 2.94. The Morgan fingerprint density at radius 2 is 1.83 bits per heavy atom. The van der Waals surface area contributed by atoms with E-state index in [0.29, 0.717) is 12.5 Å². The molecule has 6 rings (SSSR count). The number of imidazole rings is 1. The highest BCUT2D eigenvalue weighted by molar-refractivity contribution is 6.16. The van der Waals surface area contributed by atoms with Gasteiger partial charge < -0.3 is 4.74 Å². The molecule has 2 aliphatic heterocycles. The standard InChI is InChI=1S/C20H16N8O/c1-29-17-9-5-4-8-16(17)26-11-18(23-24-26)27-13-22-20-14-6-2-3-7-15(14)25-12-21-10-19(25)28(20)27/h2-12H,13H2,1H3. The molecule has 0 radical (unpaired) electrons. The summed E-state index contributed by atoms with van der Waals surface area (Å²) < 4.78 is 9.21. The molecule has 2 aromatic heterocycles. The molecule has 142 valence electrons. The largest absolute Gasteiger partial charge is 0.494 e. The number of amidine groups is 1. The summed E-state index contributed by atoms with van der Waals surface area (Å²) in [7, 11) is 1.64. The molecule has 2 aliphatic rings. The Bertz CT molecular complexity index is 1260. The number of methoxy groups -OCH3 is 1. The van der Waals surface area contributed by atoms with Crippen molar-refractivity contribution >= 4 is 17.5 Å². The minimum absolute atomic E-state index is 0.444. The van der Waals surface area contributed by atoms with Gasteiger partial charge in [0.1, 0.15) is 24.4 Å². The predicted octanol–water partition coefficient (Wildman–Crippen LogP) is 2.42. The second-order valence-corrected chi connectivity index (χ2v) is 6.67. The number of anilines is 2. The van der Waals surface area contributed by atoms with Crippen LogP contribution in [0.5, 0.6) is 5.75 Å². The number of benzene rings is 2. The van der Waals surface area contributed by atoms with E-state index in [9.17, 15) is 0 Å². The lowest BCUT2D eigenvalue weighted by Gasteiger charge is -2.33. The number of hydrazine groups is 1. The number of aromatic nitrogens is 5. The van der Waals surface area contributed by atoms with Crippen molar-refractivity contribution in [3.8, 4) is 17.1 Å². The molecule has 0 N–H and O–H groups in total. The zero-order valence-electron chi connectivity index (χ0n) is 15.5. The van der Waals surface area contributed by atoms with Gasteiger partial charge in [-0.05, 0) is 24.3 Å². The van der Waals surface area contributed by atoms with Crippen molar-refractivity contribution in [3.63, 3.8) is 0 Å². The smallest absolute Gasteiger partial charge is 0.192 e. The quantitative estimate of drug-likeness (QED) is 0.540. The van der Waals surface area contributed by atoms with Crippen LogP contribution in [0.25, 0.3) is 11.4 Å². The molecule has 0 saturated heterocycles. The van der Waals surface area contributed by atoms with Gasteiger partial charge in [0.2, 0.25) is 0 Å². The molecule has 0 unspecified atom stereocenters. The van der Waals surface area contributed by atoms with Crippen LogP contribution in [0.4, 0.5) is 11.6 Å². The van der Waals surface area contributed by atoms with E-state index in [1.54, 1.807) is 11.8 Å². The number of hydrogen-bond donors (Lipinski definition) is 0. The highest BCUT2D eigenvalue weighted by Gasteiger charge is 2.37. The summed E-state index contributed by atoms with van der Waals surface area (Å²) in [4.78, 5) is 9.13. The molecule has 29 heavy (non-hydrogen) atoms. The van der Waals surface area contributed by atoms with Crippen LogP contribution in [0.3, 0.4) is 0 Å². The van der Waals surface area contributed by atoms with Crippen LogP contribution in [-0.4, -0.2) is 44.2 Å². The first-order valence-corrected chi connectivity index (χ1v) is 9.15. The molecule has 0 spiro atoms. The average molecular weight is 384 g/mol. The van der Waals surface area contributed by atoms with Gasteiger partial charge in [0.15, 0.2) is 17.5 Å². The van der Waals surface area contributed by atoms with Crippen LogP contribution >= 0.6 is 0 Å². The van der Waals surface area contributed by atoms with Crippen molar-refractivity contribution in [1.82, 2.24) is 24.5 Å². The van der Waals surface area contributed by atoms with E-state index >= 15 is 0 Å². The van der Waals surface area contributed by atoms with Crippen LogP contribution < -0.4 is 14.8 Å². The van der Waals surface area contributed by atoms with E-state index in [4.69, 9.17) is 9.73 Å². The number of ether oxygens (including phenoxy) is 1. The maximum absolute atomic E-state index is 5.45. The van der Waals surface area contributed by atoms with E-state index in [0.717, 1.165) is 34.3 Å². The van der Waals surface area contributed by atoms with E-state index in [1.165, 1.54) is 0 Å². The minimum Gasteiger partial charge on any atom is -0.494 e. The Morgan fingerprint density at radius 3 is 2.72 bits per heavy atom. The first kappa shape index (κ1) is 15.9. The first-order valence-electron chi connectivity index (χ1n) is 9.15. The van der Waals surface area contributed by atoms with Crippen LogP contribution in [0.1, 0.15) is 5.56 Å². The van der Waals surface area contributed by atoms with Crippen molar-refractivity contribution in [3.05, 3.63) is 72.8 Å². The number of nitrogens with zero attached hydrogens (tertiary/aromatic N) is 8. The van der Waals surface area contributed by atoms with Crippen LogP contribution in [0.15, 0.2) is 72.2 Å². The number of fused-ring (bicyclic) bond motifs is 6. The molecule has 0 saturated carbocycles. The number of hydrogen-bond acceptors (Lipinski definition) is 7. The Kier molecular flexibility index (Phi) is 3.25. The maximum Gasteiger partial charge on any atom is 0.192 e. The fraction of sp³-hybridized carbons (Fsp3) is 0.100. The summed E-state index contributed by atoms with van der Waals surface area (Å²) in [6.45, 7) is 0.444. The molecular weight excluding hydrogens is 368 g/mol. The number of rotatable bonds is 3. The van der Waals surface area contributed by atoms with E-state index in [2.05, 4.69) is 32.0 Å². The summed E-state index contributed by atoms with van der Waals surface area (Å²) in [5, 5.41) is 12.7. The average Bonchev–Trinajstić information content (AvgIpc) is 3.52. The highest BCUT2D eigenvalue weighted by Crippen LogP contribution is 2.35. The lowest BCUT2D eigenvalue weighted by molar-refractivity contribution is 0.411. The molecule has 0 fully saturated rings. The summed E-state index contributed by atoms with van der Waals surface area (Å²) in [6.07, 6.45) is 5.51. The summed E-state index contributed by atoms with van der Waals surface area (Å²) in [6, 6.07) is 15.9. The molecular formula is C20H16N8O. The van der Waals surface area contributed by atoms with Crippen LogP contribution in [0.2, 0.25) is 0 Å². The van der Waals surface area contributed by atoms with Crippen molar-refractivity contribution in [2.75, 3.05) is 23.8 Å². The van der Waals surface area contributed by atoms with Gasteiger partial charge >= 0.3 is 0 Å². The topological polar surface area (TPSA) is 76.6 Å². The Hall–Kier alpha value is -4.14. The van der Waals surface area contributed by atoms with Gasteiger partial charge in [-0.1, -0.05) is 29.5 Å². The fourth-order valence-corrected chi connectivity index (χ4v) is 3.80. The SMILES string of the molecule is COc1ccccc1-n1cc(N2CN=C3c4ccccc4-n4cncc4N32)nn1. The molecule has 9 nitrogen and oxygen atoms in total. The molecule has 4 aromatic rings. The molecule has 0 aliphatic carbocycles. The third kappa shape index (κ3) is 2.21. The van der Waals surface area contributed by atoms with Crippen molar-refractivity contribution < 1.29 is 4.74 Å². The normalized spacial score (nSPS) is 14.3. The Balaban J connectivity index is 1.42. The molecule has 2 aromatic carbocycles. The molecule has 0 amide bonds. The second kappa shape index (κ2) is 5.93. The van der Waals surface area contributed by atoms with Gasteiger partial charge in [-0.15, -0.1) is 5.10 Å². The van der Waals surface area contributed by atoms with E-state index in [-0.39, 0.29) is 0 Å². The van der Waals surface area contributed by atoms with Gasteiger partial charge in [0.25, 0.3) is 0 Å². The van der Waals surface area contributed by atoms with Crippen molar-refractivity contribution in [2.24, 2.45) is 4.99 Å². The highest BCUT2D eigenvalue weighted by atomic mass is 16.5. The zero-order chi connectivity index (χ0) is 19.4. The number of aliphatic imine (C=N–C) groups is 1. The van der Waals surface area contributed by atoms with Crippen LogP contribution in [0, 0.1) is 0 Å². The molecule has 4 heterocycles. The maximum atomic E-state index is 5.45. The lowest BCUT2D eigenvalue weighted by Crippen LogP contribution is -2.45. The second-order valence-electron chi connectivity index (χ2n) is 6.67. The molecule has 0 atom stereocenters. The van der Waals surface area contributed by atoms with Crippen molar-refractivity contribution in [1.29, 1.82) is 0 Å². The van der Waals surface area contributed by atoms with Crippen molar-refractivity contribution in [2.45, 2.75) is 0 Å². The fourth-order valence-electron chi connectivity index (χ4n) is 3.80. The van der Waals surface area contributed by atoms with Gasteiger partial charge in [0, 0.05) is 5.56 Å². The van der Waals surface area contributed by atoms with Gasteiger partial charge in [-0.25, -0.2) is 24.7 Å². The van der Waals surface area contributed by atoms with E-state index in [1.807, 2.05) is 65.1 Å². The number of para-hydroxylation sites is 3. The van der Waals surface area contributed by atoms with Gasteiger partial charge in [0.05, 0.1) is 25.2 Å². The zero-order valence-corrected chi connectivity index (χ0v) is 15.5.